The summed E-state index contributed by atoms with van der Waals surface area (Å²) < 4.78 is 4.51. The molecular formula is C10H17O2. The molecule has 0 aromatic rings. The highest BCUT2D eigenvalue weighted by molar-refractivity contribution is 5.68. The van der Waals surface area contributed by atoms with Crippen LogP contribution in [0.15, 0.2) is 12.2 Å². The van der Waals surface area contributed by atoms with Crippen LogP contribution in [0.2, 0.25) is 0 Å². The Hall–Kier alpha value is -0.790. The Kier molecular flexibility index (Phi) is 7.76. The van der Waals surface area contributed by atoms with Gasteiger partial charge in [0.25, 0.3) is 0 Å². The molecule has 0 rings (SSSR count). The van der Waals surface area contributed by atoms with Crippen LogP contribution in [-0.2, 0) is 9.53 Å². The van der Waals surface area contributed by atoms with E-state index in [0.717, 1.165) is 25.7 Å². The topological polar surface area (TPSA) is 26.3 Å². The van der Waals surface area contributed by atoms with Gasteiger partial charge in [0.15, 0.2) is 0 Å². The number of allylic oxidation sites excluding steroid dienone is 2. The van der Waals surface area contributed by atoms with Crippen molar-refractivity contribution in [1.82, 2.24) is 0 Å². The van der Waals surface area contributed by atoms with Crippen molar-refractivity contribution in [2.75, 3.05) is 7.11 Å². The van der Waals surface area contributed by atoms with Gasteiger partial charge in [-0.2, -0.15) is 0 Å². The maximum Gasteiger partial charge on any atom is 0.305 e. The van der Waals surface area contributed by atoms with Crippen LogP contribution in [0, 0.1) is 6.92 Å². The van der Waals surface area contributed by atoms with Crippen LogP contribution < -0.4 is 0 Å². The molecule has 69 valence electrons. The van der Waals surface area contributed by atoms with E-state index in [-0.39, 0.29) is 5.97 Å². The van der Waals surface area contributed by atoms with E-state index in [4.69, 9.17) is 0 Å². The third-order valence-electron chi connectivity index (χ3n) is 1.56. The van der Waals surface area contributed by atoms with Gasteiger partial charge in [-0.25, -0.2) is 0 Å². The van der Waals surface area contributed by atoms with Crippen molar-refractivity contribution in [2.45, 2.75) is 32.1 Å². The first kappa shape index (κ1) is 11.2. The van der Waals surface area contributed by atoms with Crippen molar-refractivity contribution in [1.29, 1.82) is 0 Å². The SMILES string of the molecule is [CH2]C/C=C/CCCCC(=O)OC. The van der Waals surface area contributed by atoms with Gasteiger partial charge < -0.3 is 4.74 Å². The van der Waals surface area contributed by atoms with Crippen LogP contribution in [0.1, 0.15) is 32.1 Å². The molecule has 0 N–H and O–H groups in total. The summed E-state index contributed by atoms with van der Waals surface area (Å²) in [5, 5.41) is 0. The predicted molar refractivity (Wildman–Crippen MR) is 49.6 cm³/mol. The summed E-state index contributed by atoms with van der Waals surface area (Å²) in [6.07, 6.45) is 8.51. The third kappa shape index (κ3) is 7.32. The zero-order valence-corrected chi connectivity index (χ0v) is 7.71. The Morgan fingerprint density at radius 2 is 2.17 bits per heavy atom. The first-order valence-electron chi connectivity index (χ1n) is 4.32. The molecule has 0 fully saturated rings. The molecule has 0 saturated heterocycles. The lowest BCUT2D eigenvalue weighted by atomic mass is 10.2. The number of unbranched alkanes of at least 4 members (excludes halogenated alkanes) is 2. The number of esters is 1. The lowest BCUT2D eigenvalue weighted by Gasteiger charge is -1.96. The summed E-state index contributed by atoms with van der Waals surface area (Å²) >= 11 is 0. The second-order valence-electron chi connectivity index (χ2n) is 2.58. The largest absolute Gasteiger partial charge is 0.469 e. The Balaban J connectivity index is 3.10. The van der Waals surface area contributed by atoms with Crippen molar-refractivity contribution >= 4 is 5.97 Å². The molecule has 0 aliphatic rings. The molecule has 0 aliphatic heterocycles. The van der Waals surface area contributed by atoms with Gasteiger partial charge in [0.1, 0.15) is 0 Å². The van der Waals surface area contributed by atoms with Crippen LogP contribution in [0.4, 0.5) is 0 Å². The van der Waals surface area contributed by atoms with Crippen LogP contribution in [0.5, 0.6) is 0 Å². The van der Waals surface area contributed by atoms with Crippen molar-refractivity contribution in [2.24, 2.45) is 0 Å². The average Bonchev–Trinajstić information content (AvgIpc) is 2.10. The Morgan fingerprint density at radius 1 is 1.42 bits per heavy atom. The summed E-state index contributed by atoms with van der Waals surface area (Å²) in [6, 6.07) is 0. The molecule has 0 unspecified atom stereocenters. The standard InChI is InChI=1S/C10H17O2/c1-3-4-5-6-7-8-9-10(11)12-2/h4-5H,1,3,6-9H2,2H3/b5-4+. The molecule has 0 amide bonds. The number of carbonyl (C=O) groups excluding carboxylic acids is 1. The normalized spacial score (nSPS) is 10.5. The van der Waals surface area contributed by atoms with Gasteiger partial charge in [0.05, 0.1) is 7.11 Å². The second-order valence-corrected chi connectivity index (χ2v) is 2.58. The zero-order chi connectivity index (χ0) is 9.23. The van der Waals surface area contributed by atoms with Gasteiger partial charge >= 0.3 is 5.97 Å². The maximum atomic E-state index is 10.7. The number of hydrogen-bond acceptors (Lipinski definition) is 2. The van der Waals surface area contributed by atoms with E-state index in [1.807, 2.05) is 6.08 Å². The first-order chi connectivity index (χ1) is 5.81. The molecule has 0 aromatic heterocycles. The first-order valence-corrected chi connectivity index (χ1v) is 4.32. The molecule has 0 bridgehead atoms. The summed E-state index contributed by atoms with van der Waals surface area (Å²) in [7, 11) is 1.42. The smallest absolute Gasteiger partial charge is 0.305 e. The van der Waals surface area contributed by atoms with Gasteiger partial charge in [-0.3, -0.25) is 4.79 Å². The fourth-order valence-electron chi connectivity index (χ4n) is 0.869. The minimum absolute atomic E-state index is 0.115. The van der Waals surface area contributed by atoms with Crippen molar-refractivity contribution in [3.8, 4) is 0 Å². The quantitative estimate of drug-likeness (QED) is 0.347. The van der Waals surface area contributed by atoms with E-state index in [1.165, 1.54) is 7.11 Å². The van der Waals surface area contributed by atoms with Crippen molar-refractivity contribution in [3.63, 3.8) is 0 Å². The maximum absolute atomic E-state index is 10.7. The van der Waals surface area contributed by atoms with E-state index in [9.17, 15) is 4.79 Å². The Bertz CT molecular complexity index is 139. The lowest BCUT2D eigenvalue weighted by Crippen LogP contribution is -1.98. The zero-order valence-electron chi connectivity index (χ0n) is 7.71. The number of ether oxygens (including phenoxy) is 1. The fourth-order valence-corrected chi connectivity index (χ4v) is 0.869. The monoisotopic (exact) mass is 169 g/mol. The van der Waals surface area contributed by atoms with E-state index in [1.54, 1.807) is 0 Å². The molecular weight excluding hydrogens is 152 g/mol. The molecule has 12 heavy (non-hydrogen) atoms. The van der Waals surface area contributed by atoms with Crippen LogP contribution >= 0.6 is 0 Å². The van der Waals surface area contributed by atoms with E-state index >= 15 is 0 Å². The molecule has 1 radical (unpaired) electrons. The highest BCUT2D eigenvalue weighted by Gasteiger charge is 1.97. The van der Waals surface area contributed by atoms with Crippen molar-refractivity contribution in [3.05, 3.63) is 19.1 Å². The van der Waals surface area contributed by atoms with E-state index in [2.05, 4.69) is 17.7 Å². The minimum Gasteiger partial charge on any atom is -0.469 e. The van der Waals surface area contributed by atoms with Gasteiger partial charge in [0, 0.05) is 6.42 Å². The Labute approximate surface area is 74.6 Å². The molecule has 0 atom stereocenters. The fraction of sp³-hybridized carbons (Fsp3) is 0.600. The summed E-state index contributed by atoms with van der Waals surface area (Å²) in [4.78, 5) is 10.7. The molecule has 2 nitrogen and oxygen atoms in total. The molecule has 0 aliphatic carbocycles. The van der Waals surface area contributed by atoms with Crippen LogP contribution in [-0.4, -0.2) is 13.1 Å². The van der Waals surface area contributed by atoms with Gasteiger partial charge in [-0.15, -0.1) is 0 Å². The second kappa shape index (κ2) is 8.31. The summed E-state index contributed by atoms with van der Waals surface area (Å²) in [6.45, 7) is 3.68. The molecule has 2 heteroatoms. The number of rotatable bonds is 6. The van der Waals surface area contributed by atoms with Crippen LogP contribution in [0.25, 0.3) is 0 Å². The highest BCUT2D eigenvalue weighted by atomic mass is 16.5. The van der Waals surface area contributed by atoms with Crippen molar-refractivity contribution < 1.29 is 9.53 Å². The minimum atomic E-state index is -0.115. The Morgan fingerprint density at radius 3 is 2.75 bits per heavy atom. The van der Waals surface area contributed by atoms with Gasteiger partial charge in [-0.1, -0.05) is 12.2 Å². The average molecular weight is 169 g/mol. The lowest BCUT2D eigenvalue weighted by molar-refractivity contribution is -0.140. The summed E-state index contributed by atoms with van der Waals surface area (Å²) in [5.41, 5.74) is 0. The van der Waals surface area contributed by atoms with Gasteiger partial charge in [0.2, 0.25) is 0 Å². The van der Waals surface area contributed by atoms with E-state index < -0.39 is 0 Å². The highest BCUT2D eigenvalue weighted by Crippen LogP contribution is 2.01. The van der Waals surface area contributed by atoms with Crippen LogP contribution in [0.3, 0.4) is 0 Å². The predicted octanol–water partition coefficient (Wildman–Crippen LogP) is 2.50. The molecule has 0 spiro atoms. The number of methoxy groups -OCH3 is 1. The number of hydrogen-bond donors (Lipinski definition) is 0. The third-order valence-corrected chi connectivity index (χ3v) is 1.56. The van der Waals surface area contributed by atoms with E-state index in [0.29, 0.717) is 6.42 Å². The van der Waals surface area contributed by atoms with Gasteiger partial charge in [-0.05, 0) is 32.6 Å². The molecule has 0 heterocycles. The number of carbonyl (C=O) groups is 1. The molecule has 0 aromatic carbocycles. The molecule has 0 saturated carbocycles. The summed E-state index contributed by atoms with van der Waals surface area (Å²) in [5.74, 6) is -0.115.